The van der Waals surface area contributed by atoms with Gasteiger partial charge in [-0.05, 0) is 31.5 Å². The second-order valence-electron chi connectivity index (χ2n) is 6.16. The van der Waals surface area contributed by atoms with E-state index >= 15 is 0 Å². The van der Waals surface area contributed by atoms with Crippen molar-refractivity contribution in [2.45, 2.75) is 25.5 Å². The van der Waals surface area contributed by atoms with Gasteiger partial charge in [0.05, 0.1) is 10.7 Å². The van der Waals surface area contributed by atoms with E-state index < -0.39 is 4.92 Å². The molecule has 3 rings (SSSR count). The maximum absolute atomic E-state index is 12.3. The largest absolute Gasteiger partial charge is 0.325 e. The average molecular weight is 432 g/mol. The van der Waals surface area contributed by atoms with Crippen LogP contribution in [0.2, 0.25) is 5.02 Å². The zero-order valence-corrected chi connectivity index (χ0v) is 17.3. The van der Waals surface area contributed by atoms with Crippen LogP contribution >= 0.6 is 23.4 Å². The van der Waals surface area contributed by atoms with Crippen molar-refractivity contribution in [3.05, 3.63) is 63.2 Å². The van der Waals surface area contributed by atoms with E-state index in [1.807, 2.05) is 24.5 Å². The molecule has 1 aromatic heterocycles. The van der Waals surface area contributed by atoms with Gasteiger partial charge in [0.25, 0.3) is 5.69 Å². The SMILES string of the molecule is CCn1c(SCC(=O)Nc2ccc(C)c(Cl)c2)nnc1-c1cccc([N+](=O)[O-])c1. The highest BCUT2D eigenvalue weighted by Gasteiger charge is 2.17. The predicted octanol–water partition coefficient (Wildman–Crippen LogP) is 4.57. The van der Waals surface area contributed by atoms with Gasteiger partial charge in [0.15, 0.2) is 11.0 Å². The van der Waals surface area contributed by atoms with Crippen LogP contribution in [0, 0.1) is 17.0 Å². The molecule has 3 aromatic rings. The fraction of sp³-hybridized carbons (Fsp3) is 0.211. The summed E-state index contributed by atoms with van der Waals surface area (Å²) in [5, 5.41) is 23.3. The second kappa shape index (κ2) is 9.06. The first-order chi connectivity index (χ1) is 13.9. The van der Waals surface area contributed by atoms with E-state index in [2.05, 4.69) is 15.5 Å². The van der Waals surface area contributed by atoms with Crippen molar-refractivity contribution in [1.29, 1.82) is 0 Å². The van der Waals surface area contributed by atoms with Crippen LogP contribution in [0.3, 0.4) is 0 Å². The van der Waals surface area contributed by atoms with Crippen LogP contribution in [0.25, 0.3) is 11.4 Å². The third-order valence-corrected chi connectivity index (χ3v) is 5.51. The lowest BCUT2D eigenvalue weighted by molar-refractivity contribution is -0.384. The van der Waals surface area contributed by atoms with E-state index in [4.69, 9.17) is 11.6 Å². The average Bonchev–Trinajstić information content (AvgIpc) is 3.12. The van der Waals surface area contributed by atoms with Gasteiger partial charge in [0.2, 0.25) is 5.91 Å². The number of benzene rings is 2. The maximum atomic E-state index is 12.3. The molecule has 0 bridgehead atoms. The van der Waals surface area contributed by atoms with Gasteiger partial charge in [-0.15, -0.1) is 10.2 Å². The minimum Gasteiger partial charge on any atom is -0.325 e. The van der Waals surface area contributed by atoms with Crippen LogP contribution in [0.4, 0.5) is 11.4 Å². The highest BCUT2D eigenvalue weighted by atomic mass is 35.5. The molecule has 0 aliphatic rings. The van der Waals surface area contributed by atoms with E-state index in [1.54, 1.807) is 24.3 Å². The van der Waals surface area contributed by atoms with Crippen LogP contribution in [-0.2, 0) is 11.3 Å². The first-order valence-electron chi connectivity index (χ1n) is 8.76. The molecule has 0 saturated carbocycles. The molecular formula is C19H18ClN5O3S. The van der Waals surface area contributed by atoms with Crippen molar-refractivity contribution in [3.8, 4) is 11.4 Å². The van der Waals surface area contributed by atoms with Crippen LogP contribution in [0.1, 0.15) is 12.5 Å². The van der Waals surface area contributed by atoms with Gasteiger partial charge in [0, 0.05) is 35.0 Å². The Hall–Kier alpha value is -2.91. The highest BCUT2D eigenvalue weighted by Crippen LogP contribution is 2.27. The molecule has 1 heterocycles. The molecule has 0 saturated heterocycles. The number of anilines is 1. The fourth-order valence-corrected chi connectivity index (χ4v) is 3.63. The number of nitrogens with zero attached hydrogens (tertiary/aromatic N) is 4. The molecule has 150 valence electrons. The maximum Gasteiger partial charge on any atom is 0.270 e. The van der Waals surface area contributed by atoms with E-state index in [9.17, 15) is 14.9 Å². The van der Waals surface area contributed by atoms with E-state index in [1.165, 1.54) is 23.9 Å². The zero-order valence-electron chi connectivity index (χ0n) is 15.8. The van der Waals surface area contributed by atoms with Crippen LogP contribution < -0.4 is 5.32 Å². The highest BCUT2D eigenvalue weighted by molar-refractivity contribution is 7.99. The van der Waals surface area contributed by atoms with E-state index in [0.717, 1.165) is 5.56 Å². The molecule has 0 radical (unpaired) electrons. The van der Waals surface area contributed by atoms with Gasteiger partial charge >= 0.3 is 0 Å². The molecule has 1 N–H and O–H groups in total. The Morgan fingerprint density at radius 2 is 2.07 bits per heavy atom. The summed E-state index contributed by atoms with van der Waals surface area (Å²) in [4.78, 5) is 22.8. The monoisotopic (exact) mass is 431 g/mol. The van der Waals surface area contributed by atoms with Crippen LogP contribution in [0.5, 0.6) is 0 Å². The number of thioether (sulfide) groups is 1. The molecule has 2 aromatic carbocycles. The van der Waals surface area contributed by atoms with Crippen molar-refractivity contribution >= 4 is 40.6 Å². The molecule has 29 heavy (non-hydrogen) atoms. The first kappa shape index (κ1) is 20.8. The lowest BCUT2D eigenvalue weighted by Crippen LogP contribution is -2.14. The van der Waals surface area contributed by atoms with Gasteiger partial charge < -0.3 is 9.88 Å². The van der Waals surface area contributed by atoms with Crippen molar-refractivity contribution in [2.75, 3.05) is 11.1 Å². The molecule has 0 atom stereocenters. The molecule has 0 fully saturated rings. The molecule has 10 heteroatoms. The summed E-state index contributed by atoms with van der Waals surface area (Å²) in [5.41, 5.74) is 2.14. The van der Waals surface area contributed by atoms with Crippen molar-refractivity contribution in [1.82, 2.24) is 14.8 Å². The van der Waals surface area contributed by atoms with E-state index in [0.29, 0.717) is 33.8 Å². The van der Waals surface area contributed by atoms with Gasteiger partial charge in [-0.2, -0.15) is 0 Å². The molecule has 1 amide bonds. The van der Waals surface area contributed by atoms with Crippen molar-refractivity contribution in [3.63, 3.8) is 0 Å². The standard InChI is InChI=1S/C19H18ClN5O3S/c1-3-24-18(13-5-4-6-15(9-13)25(27)28)22-23-19(24)29-11-17(26)21-14-8-7-12(2)16(20)10-14/h4-10H,3,11H2,1-2H3,(H,21,26). The summed E-state index contributed by atoms with van der Waals surface area (Å²) >= 11 is 7.32. The first-order valence-corrected chi connectivity index (χ1v) is 10.1. The third kappa shape index (κ3) is 4.93. The van der Waals surface area contributed by atoms with Crippen LogP contribution in [-0.4, -0.2) is 31.3 Å². The Morgan fingerprint density at radius 1 is 1.28 bits per heavy atom. The summed E-state index contributed by atoms with van der Waals surface area (Å²) in [6.07, 6.45) is 0. The fourth-order valence-electron chi connectivity index (χ4n) is 2.65. The normalized spacial score (nSPS) is 10.7. The number of aromatic nitrogens is 3. The Morgan fingerprint density at radius 3 is 2.76 bits per heavy atom. The number of halogens is 1. The second-order valence-corrected chi connectivity index (χ2v) is 7.51. The molecular weight excluding hydrogens is 414 g/mol. The lowest BCUT2D eigenvalue weighted by Gasteiger charge is -2.08. The quantitative estimate of drug-likeness (QED) is 0.334. The summed E-state index contributed by atoms with van der Waals surface area (Å²) in [6.45, 7) is 4.37. The van der Waals surface area contributed by atoms with Crippen LogP contribution in [0.15, 0.2) is 47.6 Å². The van der Waals surface area contributed by atoms with Gasteiger partial charge in [0.1, 0.15) is 0 Å². The Labute approximate surface area is 176 Å². The summed E-state index contributed by atoms with van der Waals surface area (Å²) in [5.74, 6) is 0.459. The molecule has 0 aliphatic carbocycles. The number of amides is 1. The summed E-state index contributed by atoms with van der Waals surface area (Å²) < 4.78 is 1.82. The third-order valence-electron chi connectivity index (χ3n) is 4.14. The number of nitro benzene ring substituents is 1. The number of nitrogens with one attached hydrogen (secondary N) is 1. The number of aryl methyl sites for hydroxylation is 1. The Balaban J connectivity index is 1.72. The predicted molar refractivity (Wildman–Crippen MR) is 113 cm³/mol. The number of hydrogen-bond acceptors (Lipinski definition) is 6. The van der Waals surface area contributed by atoms with Crippen molar-refractivity contribution < 1.29 is 9.72 Å². The number of carbonyl (C=O) groups excluding carboxylic acids is 1. The topological polar surface area (TPSA) is 103 Å². The minimum absolute atomic E-state index is 0.0153. The van der Waals surface area contributed by atoms with Gasteiger partial charge in [-0.25, -0.2) is 0 Å². The summed E-state index contributed by atoms with van der Waals surface area (Å²) in [6, 6.07) is 11.6. The Kier molecular flexibility index (Phi) is 6.50. The lowest BCUT2D eigenvalue weighted by atomic mass is 10.2. The zero-order chi connectivity index (χ0) is 21.0. The smallest absolute Gasteiger partial charge is 0.270 e. The van der Waals surface area contributed by atoms with Gasteiger partial charge in [-0.1, -0.05) is 41.6 Å². The van der Waals surface area contributed by atoms with Gasteiger partial charge in [-0.3, -0.25) is 14.9 Å². The minimum atomic E-state index is -0.451. The number of carbonyl (C=O) groups is 1. The number of rotatable bonds is 7. The molecule has 0 spiro atoms. The number of hydrogen-bond donors (Lipinski definition) is 1. The molecule has 8 nitrogen and oxygen atoms in total. The summed E-state index contributed by atoms with van der Waals surface area (Å²) in [7, 11) is 0. The number of nitro groups is 1. The molecule has 0 unspecified atom stereocenters. The Bertz CT molecular complexity index is 1070. The molecule has 0 aliphatic heterocycles. The van der Waals surface area contributed by atoms with Crippen molar-refractivity contribution in [2.24, 2.45) is 0 Å². The van der Waals surface area contributed by atoms with E-state index in [-0.39, 0.29) is 17.3 Å². The number of non-ortho nitro benzene ring substituents is 1.